The fourth-order valence-electron chi connectivity index (χ4n) is 4.73. The van der Waals surface area contributed by atoms with E-state index < -0.39 is 0 Å². The molecular weight excluding hydrogens is 484 g/mol. The molecule has 1 amide bonds. The summed E-state index contributed by atoms with van der Waals surface area (Å²) in [5.41, 5.74) is 2.62. The zero-order valence-electron chi connectivity index (χ0n) is 20.7. The fraction of sp³-hybridized carbons (Fsp3) is 0.321. The topological polar surface area (TPSA) is 44.8 Å². The number of hydrogen-bond donors (Lipinski definition) is 1. The van der Waals surface area contributed by atoms with Crippen LogP contribution in [0.15, 0.2) is 72.8 Å². The number of carbonyl (C=O) groups excluding carboxylic acids is 1. The first-order valence-corrected chi connectivity index (χ1v) is 11.8. The molecule has 1 N–H and O–H groups in total. The zero-order chi connectivity index (χ0) is 24.9. The number of carbonyl (C=O) groups is 1. The molecule has 1 fully saturated rings. The van der Waals surface area contributed by atoms with Gasteiger partial charge in [0.25, 0.3) is 0 Å². The summed E-state index contributed by atoms with van der Waals surface area (Å²) in [5.74, 6) is 0.0798. The summed E-state index contributed by atoms with van der Waals surface area (Å²) in [6, 6.07) is 20.3. The van der Waals surface area contributed by atoms with Gasteiger partial charge in [0.2, 0.25) is 5.91 Å². The van der Waals surface area contributed by atoms with Crippen LogP contribution in [0.4, 0.5) is 14.5 Å². The Morgan fingerprint density at radius 2 is 1.42 bits per heavy atom. The van der Waals surface area contributed by atoms with Gasteiger partial charge in [0.1, 0.15) is 17.4 Å². The number of benzene rings is 3. The molecular formula is C28H32ClF2N3O2. The van der Waals surface area contributed by atoms with Crippen molar-refractivity contribution < 1.29 is 18.3 Å². The Morgan fingerprint density at radius 3 is 1.92 bits per heavy atom. The molecule has 0 aromatic heterocycles. The second-order valence-electron chi connectivity index (χ2n) is 9.11. The van der Waals surface area contributed by atoms with E-state index in [0.29, 0.717) is 13.1 Å². The van der Waals surface area contributed by atoms with Gasteiger partial charge < -0.3 is 10.1 Å². The van der Waals surface area contributed by atoms with Crippen molar-refractivity contribution in [2.45, 2.75) is 32.0 Å². The number of halogens is 3. The van der Waals surface area contributed by atoms with Crippen LogP contribution >= 0.6 is 12.4 Å². The first-order valence-electron chi connectivity index (χ1n) is 11.8. The summed E-state index contributed by atoms with van der Waals surface area (Å²) in [5, 5.41) is 2.95. The van der Waals surface area contributed by atoms with Gasteiger partial charge in [-0.05, 0) is 73.5 Å². The summed E-state index contributed by atoms with van der Waals surface area (Å²) < 4.78 is 32.4. The first-order chi connectivity index (χ1) is 16.8. The molecule has 0 radical (unpaired) electrons. The molecule has 2 atom stereocenters. The van der Waals surface area contributed by atoms with Gasteiger partial charge in [-0.15, -0.1) is 12.4 Å². The number of piperazine rings is 1. The summed E-state index contributed by atoms with van der Waals surface area (Å²) in [7, 11) is 1.60. The molecule has 192 valence electrons. The molecule has 0 bridgehead atoms. The quantitative estimate of drug-likeness (QED) is 0.450. The molecule has 3 aromatic carbocycles. The number of rotatable bonds is 7. The normalized spacial score (nSPS) is 18.5. The van der Waals surface area contributed by atoms with Gasteiger partial charge in [0.05, 0.1) is 19.7 Å². The van der Waals surface area contributed by atoms with Crippen molar-refractivity contribution in [3.63, 3.8) is 0 Å². The minimum absolute atomic E-state index is 0. The van der Waals surface area contributed by atoms with E-state index in [1.54, 1.807) is 31.4 Å². The summed E-state index contributed by atoms with van der Waals surface area (Å²) in [6.07, 6.45) is 0. The third-order valence-corrected chi connectivity index (χ3v) is 6.59. The Kier molecular flexibility index (Phi) is 9.43. The molecule has 0 spiro atoms. The van der Waals surface area contributed by atoms with Crippen LogP contribution in [0.25, 0.3) is 0 Å². The molecule has 3 aromatic rings. The predicted molar refractivity (Wildman–Crippen MR) is 141 cm³/mol. The van der Waals surface area contributed by atoms with E-state index in [2.05, 4.69) is 29.0 Å². The van der Waals surface area contributed by atoms with E-state index in [4.69, 9.17) is 4.74 Å². The smallest absolute Gasteiger partial charge is 0.238 e. The average molecular weight is 516 g/mol. The maximum Gasteiger partial charge on any atom is 0.238 e. The van der Waals surface area contributed by atoms with Crippen molar-refractivity contribution in [2.24, 2.45) is 0 Å². The van der Waals surface area contributed by atoms with Crippen LogP contribution in [0, 0.1) is 11.6 Å². The van der Waals surface area contributed by atoms with Gasteiger partial charge >= 0.3 is 0 Å². The van der Waals surface area contributed by atoms with Crippen LogP contribution < -0.4 is 10.1 Å². The van der Waals surface area contributed by atoms with E-state index in [-0.39, 0.29) is 54.6 Å². The predicted octanol–water partition coefficient (Wildman–Crippen LogP) is 5.52. The maximum absolute atomic E-state index is 13.6. The minimum atomic E-state index is -0.291. The highest BCUT2D eigenvalue weighted by Gasteiger charge is 2.35. The maximum atomic E-state index is 13.6. The highest BCUT2D eigenvalue weighted by atomic mass is 35.5. The zero-order valence-corrected chi connectivity index (χ0v) is 21.5. The SMILES string of the molecule is COc1ccc(NC(=O)CN2C[C@@H](C)N(C(c3ccc(F)cc3)c3ccc(F)cc3)C[C@@H]2C)cc1.Cl. The van der Waals surface area contributed by atoms with E-state index in [1.807, 2.05) is 24.3 Å². The number of nitrogens with one attached hydrogen (secondary N) is 1. The second kappa shape index (κ2) is 12.3. The van der Waals surface area contributed by atoms with E-state index >= 15 is 0 Å². The van der Waals surface area contributed by atoms with Crippen molar-refractivity contribution in [2.75, 3.05) is 32.1 Å². The number of nitrogens with zero attached hydrogens (tertiary/aromatic N) is 2. The second-order valence-corrected chi connectivity index (χ2v) is 9.11. The molecule has 36 heavy (non-hydrogen) atoms. The van der Waals surface area contributed by atoms with E-state index in [1.165, 1.54) is 24.3 Å². The lowest BCUT2D eigenvalue weighted by molar-refractivity contribution is -0.119. The van der Waals surface area contributed by atoms with Crippen LogP contribution in [0.5, 0.6) is 5.75 Å². The van der Waals surface area contributed by atoms with Crippen LogP contribution in [-0.4, -0.2) is 54.5 Å². The Hall–Kier alpha value is -3.00. The lowest BCUT2D eigenvalue weighted by Gasteiger charge is -2.47. The number of ether oxygens (including phenoxy) is 1. The third kappa shape index (κ3) is 6.60. The van der Waals surface area contributed by atoms with Gasteiger partial charge in [0, 0.05) is 30.9 Å². The van der Waals surface area contributed by atoms with Crippen LogP contribution in [0.1, 0.15) is 31.0 Å². The van der Waals surface area contributed by atoms with Gasteiger partial charge in [-0.25, -0.2) is 8.78 Å². The van der Waals surface area contributed by atoms with Gasteiger partial charge in [-0.1, -0.05) is 24.3 Å². The van der Waals surface area contributed by atoms with Crippen LogP contribution in [0.2, 0.25) is 0 Å². The van der Waals surface area contributed by atoms with Crippen molar-refractivity contribution >= 4 is 24.0 Å². The highest BCUT2D eigenvalue weighted by Crippen LogP contribution is 2.33. The van der Waals surface area contributed by atoms with Gasteiger partial charge in [-0.2, -0.15) is 0 Å². The lowest BCUT2D eigenvalue weighted by atomic mass is 9.93. The molecule has 0 aliphatic carbocycles. The third-order valence-electron chi connectivity index (χ3n) is 6.59. The molecule has 1 aliphatic rings. The number of methoxy groups -OCH3 is 1. The van der Waals surface area contributed by atoms with Crippen molar-refractivity contribution in [3.05, 3.63) is 95.6 Å². The van der Waals surface area contributed by atoms with E-state index in [9.17, 15) is 13.6 Å². The highest BCUT2D eigenvalue weighted by molar-refractivity contribution is 5.92. The lowest BCUT2D eigenvalue weighted by Crippen LogP contribution is -2.58. The minimum Gasteiger partial charge on any atom is -0.497 e. The van der Waals surface area contributed by atoms with Crippen LogP contribution in [-0.2, 0) is 4.79 Å². The van der Waals surface area contributed by atoms with Gasteiger partial charge in [0.15, 0.2) is 0 Å². The average Bonchev–Trinajstić information content (AvgIpc) is 2.85. The molecule has 8 heteroatoms. The van der Waals surface area contributed by atoms with Crippen LogP contribution in [0.3, 0.4) is 0 Å². The molecule has 5 nitrogen and oxygen atoms in total. The number of hydrogen-bond acceptors (Lipinski definition) is 4. The summed E-state index contributed by atoms with van der Waals surface area (Å²) in [6.45, 7) is 5.90. The molecule has 0 saturated carbocycles. The molecule has 1 saturated heterocycles. The summed E-state index contributed by atoms with van der Waals surface area (Å²) >= 11 is 0. The Morgan fingerprint density at radius 1 is 0.889 bits per heavy atom. The van der Waals surface area contributed by atoms with E-state index in [0.717, 1.165) is 22.6 Å². The largest absolute Gasteiger partial charge is 0.497 e. The molecule has 1 aliphatic heterocycles. The molecule has 4 rings (SSSR count). The number of anilines is 1. The Balaban J connectivity index is 0.00000361. The van der Waals surface area contributed by atoms with Gasteiger partial charge in [-0.3, -0.25) is 14.6 Å². The van der Waals surface area contributed by atoms with Crippen molar-refractivity contribution in [3.8, 4) is 5.75 Å². The monoisotopic (exact) mass is 515 g/mol. The molecule has 1 heterocycles. The Bertz CT molecular complexity index is 1080. The summed E-state index contributed by atoms with van der Waals surface area (Å²) in [4.78, 5) is 17.3. The first kappa shape index (κ1) is 27.6. The Labute approximate surface area is 217 Å². The standard InChI is InChI=1S/C28H31F2N3O2.ClH/c1-19-17-33(28(21-4-8-23(29)9-5-21)22-6-10-24(30)11-7-22)20(2)16-32(19)18-27(34)31-25-12-14-26(35-3)15-13-25;/h4-15,19-20,28H,16-18H2,1-3H3,(H,31,34);1H/t19-,20+;/m0./s1. The van der Waals surface area contributed by atoms with Crippen molar-refractivity contribution in [1.29, 1.82) is 0 Å². The fourth-order valence-corrected chi connectivity index (χ4v) is 4.73. The molecule has 0 unspecified atom stereocenters. The number of amides is 1. The van der Waals surface area contributed by atoms with Crippen molar-refractivity contribution in [1.82, 2.24) is 9.80 Å².